The zero-order chi connectivity index (χ0) is 17.4. The lowest BCUT2D eigenvalue weighted by molar-refractivity contribution is 0.529. The zero-order valence-corrected chi connectivity index (χ0v) is 15.5. The van der Waals surface area contributed by atoms with Gasteiger partial charge in [0.15, 0.2) is 10.9 Å². The van der Waals surface area contributed by atoms with E-state index in [1.165, 1.54) is 23.1 Å². The Labute approximate surface area is 156 Å². The van der Waals surface area contributed by atoms with E-state index in [0.717, 1.165) is 11.1 Å². The van der Waals surface area contributed by atoms with E-state index in [2.05, 4.69) is 9.97 Å². The highest BCUT2D eigenvalue weighted by Crippen LogP contribution is 2.26. The van der Waals surface area contributed by atoms with E-state index in [9.17, 15) is 4.79 Å². The van der Waals surface area contributed by atoms with Crippen molar-refractivity contribution in [1.29, 1.82) is 0 Å². The summed E-state index contributed by atoms with van der Waals surface area (Å²) in [6.07, 6.45) is 1.69. The lowest BCUT2D eigenvalue weighted by Gasteiger charge is -2.05. The molecule has 25 heavy (non-hydrogen) atoms. The van der Waals surface area contributed by atoms with E-state index >= 15 is 0 Å². The second-order valence-corrected chi connectivity index (χ2v) is 7.60. The molecule has 0 atom stereocenters. The maximum absolute atomic E-state index is 12.3. The molecule has 0 amide bonds. The van der Waals surface area contributed by atoms with Crippen LogP contribution in [-0.4, -0.2) is 14.5 Å². The van der Waals surface area contributed by atoms with Crippen molar-refractivity contribution in [3.63, 3.8) is 0 Å². The normalized spacial score (nSPS) is 11.3. The van der Waals surface area contributed by atoms with Gasteiger partial charge in [-0.3, -0.25) is 9.36 Å². The number of hydrogen-bond donors (Lipinski definition) is 0. The Balaban J connectivity index is 1.55. The Morgan fingerprint density at radius 1 is 1.28 bits per heavy atom. The molecule has 0 N–H and O–H groups in total. The quantitative estimate of drug-likeness (QED) is 0.377. The predicted molar refractivity (Wildman–Crippen MR) is 101 cm³/mol. The molecule has 4 rings (SSSR count). The summed E-state index contributed by atoms with van der Waals surface area (Å²) in [5, 5.41) is 3.19. The first kappa shape index (κ1) is 16.4. The molecule has 4 aromatic rings. The van der Waals surface area contributed by atoms with Crippen LogP contribution in [0.1, 0.15) is 5.89 Å². The van der Waals surface area contributed by atoms with E-state index in [4.69, 9.17) is 16.0 Å². The summed E-state index contributed by atoms with van der Waals surface area (Å²) in [6, 6.07) is 9.24. The predicted octanol–water partition coefficient (Wildman–Crippen LogP) is 4.60. The van der Waals surface area contributed by atoms with Crippen LogP contribution in [0.15, 0.2) is 56.3 Å². The van der Waals surface area contributed by atoms with Gasteiger partial charge in [-0.25, -0.2) is 9.97 Å². The number of rotatable bonds is 4. The number of oxazole rings is 1. The van der Waals surface area contributed by atoms with E-state index in [1.54, 1.807) is 17.8 Å². The minimum Gasteiger partial charge on any atom is -0.440 e. The zero-order valence-electron chi connectivity index (χ0n) is 13.1. The van der Waals surface area contributed by atoms with Gasteiger partial charge in [0.25, 0.3) is 5.56 Å². The van der Waals surface area contributed by atoms with Gasteiger partial charge < -0.3 is 4.42 Å². The monoisotopic (exact) mass is 389 g/mol. The number of fused-ring (bicyclic) bond motifs is 1. The fourth-order valence-corrected chi connectivity index (χ4v) is 4.10. The molecule has 0 aliphatic rings. The summed E-state index contributed by atoms with van der Waals surface area (Å²) in [5.41, 5.74) is 1.61. The molecular formula is C17H12ClN3O2S2. The van der Waals surface area contributed by atoms with E-state index in [1.807, 2.05) is 35.7 Å². The van der Waals surface area contributed by atoms with E-state index < -0.39 is 0 Å². The Morgan fingerprint density at radius 2 is 2.08 bits per heavy atom. The highest BCUT2D eigenvalue weighted by atomic mass is 35.5. The molecule has 1 aromatic carbocycles. The van der Waals surface area contributed by atoms with Crippen molar-refractivity contribution in [1.82, 2.24) is 14.5 Å². The van der Waals surface area contributed by atoms with Crippen LogP contribution in [0.25, 0.3) is 21.5 Å². The van der Waals surface area contributed by atoms with Crippen LogP contribution < -0.4 is 5.56 Å². The molecule has 3 aromatic heterocycles. The molecule has 3 heterocycles. The highest BCUT2D eigenvalue weighted by Gasteiger charge is 2.12. The second kappa shape index (κ2) is 6.67. The van der Waals surface area contributed by atoms with Crippen molar-refractivity contribution in [2.75, 3.05) is 0 Å². The fraction of sp³-hybridized carbons (Fsp3) is 0.118. The van der Waals surface area contributed by atoms with E-state index in [-0.39, 0.29) is 5.56 Å². The molecular weight excluding hydrogens is 378 g/mol. The standard InChI is InChI=1S/C17H12ClN3O2S2/c1-21-16(22)15-12(6-7-24-15)20-17(21)25-9-14-19-8-13(23-14)10-2-4-11(18)5-3-10/h2-8H,9H2,1H3. The molecule has 8 heteroatoms. The van der Waals surface area contributed by atoms with Gasteiger partial charge in [0.1, 0.15) is 4.70 Å². The van der Waals surface area contributed by atoms with Gasteiger partial charge in [-0.05, 0) is 35.7 Å². The number of benzene rings is 1. The van der Waals surface area contributed by atoms with Crippen molar-refractivity contribution in [3.8, 4) is 11.3 Å². The maximum atomic E-state index is 12.3. The lowest BCUT2D eigenvalue weighted by Crippen LogP contribution is -2.18. The Kier molecular flexibility index (Phi) is 4.37. The van der Waals surface area contributed by atoms with Gasteiger partial charge in [0.05, 0.1) is 17.5 Å². The van der Waals surface area contributed by atoms with Gasteiger partial charge in [-0.1, -0.05) is 23.4 Å². The van der Waals surface area contributed by atoms with Gasteiger partial charge in [-0.2, -0.15) is 0 Å². The third-order valence-electron chi connectivity index (χ3n) is 3.65. The van der Waals surface area contributed by atoms with E-state index in [0.29, 0.717) is 32.3 Å². The van der Waals surface area contributed by atoms with Crippen LogP contribution in [0.3, 0.4) is 0 Å². The minimum absolute atomic E-state index is 0.0308. The van der Waals surface area contributed by atoms with Crippen molar-refractivity contribution in [3.05, 3.63) is 63.2 Å². The number of aromatic nitrogens is 3. The molecule has 5 nitrogen and oxygen atoms in total. The van der Waals surface area contributed by atoms with Crippen LogP contribution >= 0.6 is 34.7 Å². The summed E-state index contributed by atoms with van der Waals surface area (Å²) in [4.78, 5) is 21.1. The molecule has 0 fully saturated rings. The van der Waals surface area contributed by atoms with Gasteiger partial charge in [-0.15, -0.1) is 11.3 Å². The Morgan fingerprint density at radius 3 is 2.88 bits per heavy atom. The molecule has 0 saturated heterocycles. The number of nitrogens with zero attached hydrogens (tertiary/aromatic N) is 3. The number of thioether (sulfide) groups is 1. The van der Waals surface area contributed by atoms with Crippen molar-refractivity contribution >= 4 is 44.9 Å². The third kappa shape index (κ3) is 3.22. The number of hydrogen-bond acceptors (Lipinski definition) is 6. The third-order valence-corrected chi connectivity index (χ3v) is 5.81. The van der Waals surface area contributed by atoms with Gasteiger partial charge >= 0.3 is 0 Å². The molecule has 0 unspecified atom stereocenters. The number of halogens is 1. The van der Waals surface area contributed by atoms with Crippen molar-refractivity contribution in [2.24, 2.45) is 7.05 Å². The Bertz CT molecular complexity index is 1100. The summed E-state index contributed by atoms with van der Waals surface area (Å²) in [6.45, 7) is 0. The van der Waals surface area contributed by atoms with Crippen LogP contribution in [0, 0.1) is 0 Å². The molecule has 0 aliphatic carbocycles. The first-order valence-electron chi connectivity index (χ1n) is 7.39. The fourth-order valence-electron chi connectivity index (χ4n) is 2.35. The smallest absolute Gasteiger partial charge is 0.271 e. The largest absolute Gasteiger partial charge is 0.440 e. The van der Waals surface area contributed by atoms with Gasteiger partial charge in [0.2, 0.25) is 5.89 Å². The van der Waals surface area contributed by atoms with Crippen molar-refractivity contribution < 1.29 is 4.42 Å². The lowest BCUT2D eigenvalue weighted by atomic mass is 10.2. The Hall–Kier alpha value is -2.09. The molecule has 0 spiro atoms. The highest BCUT2D eigenvalue weighted by molar-refractivity contribution is 7.98. The molecule has 0 saturated carbocycles. The van der Waals surface area contributed by atoms with Crippen LogP contribution in [0.5, 0.6) is 0 Å². The minimum atomic E-state index is -0.0308. The average Bonchev–Trinajstić information content (AvgIpc) is 3.27. The van der Waals surface area contributed by atoms with Crippen molar-refractivity contribution in [2.45, 2.75) is 10.9 Å². The van der Waals surface area contributed by atoms with Crippen LogP contribution in [0.4, 0.5) is 0 Å². The molecule has 126 valence electrons. The molecule has 0 radical (unpaired) electrons. The topological polar surface area (TPSA) is 60.9 Å². The first-order chi connectivity index (χ1) is 12.1. The van der Waals surface area contributed by atoms with Gasteiger partial charge in [0, 0.05) is 17.6 Å². The summed E-state index contributed by atoms with van der Waals surface area (Å²) < 4.78 is 8.02. The SMILES string of the molecule is Cn1c(SCc2ncc(-c3ccc(Cl)cc3)o2)nc2ccsc2c1=O. The van der Waals surface area contributed by atoms with Crippen LogP contribution in [-0.2, 0) is 12.8 Å². The maximum Gasteiger partial charge on any atom is 0.271 e. The summed E-state index contributed by atoms with van der Waals surface area (Å²) >= 11 is 8.73. The average molecular weight is 390 g/mol. The summed E-state index contributed by atoms with van der Waals surface area (Å²) in [7, 11) is 1.73. The second-order valence-electron chi connectivity index (χ2n) is 5.31. The summed E-state index contributed by atoms with van der Waals surface area (Å²) in [5.74, 6) is 1.75. The first-order valence-corrected chi connectivity index (χ1v) is 9.64. The molecule has 0 bridgehead atoms. The number of thiophene rings is 1. The molecule has 0 aliphatic heterocycles. The van der Waals surface area contributed by atoms with Crippen LogP contribution in [0.2, 0.25) is 5.02 Å².